The molecule has 0 radical (unpaired) electrons. The molecule has 1 N–H and O–H groups in total. The molecule has 0 aliphatic carbocycles. The van der Waals surface area contributed by atoms with Gasteiger partial charge in [0.1, 0.15) is 23.1 Å². The Kier molecular flexibility index (Phi) is 6.94. The van der Waals surface area contributed by atoms with Gasteiger partial charge in [0, 0.05) is 37.6 Å². The fraction of sp³-hybridized carbons (Fsp3) is 0.261. The number of carbonyl (C=O) groups excluding carboxylic acids is 2. The smallest absolute Gasteiger partial charge is 0.270 e. The number of amides is 2. The first-order chi connectivity index (χ1) is 16.7. The van der Waals surface area contributed by atoms with Gasteiger partial charge in [-0.05, 0) is 24.3 Å². The Morgan fingerprint density at radius 2 is 1.69 bits per heavy atom. The largest absolute Gasteiger partial charge is 0.496 e. The van der Waals surface area contributed by atoms with Crippen molar-refractivity contribution in [2.75, 3.05) is 39.8 Å². The Balaban J connectivity index is 1.37. The number of nitrogens with zero attached hydrogens (tertiary/aromatic N) is 3. The zero-order valence-electron chi connectivity index (χ0n) is 18.7. The van der Waals surface area contributed by atoms with E-state index in [0.29, 0.717) is 11.3 Å². The second-order valence-corrected chi connectivity index (χ2v) is 9.62. The second kappa shape index (κ2) is 9.92. The number of piperazine rings is 1. The molecule has 1 aliphatic heterocycles. The van der Waals surface area contributed by atoms with Crippen LogP contribution in [0.4, 0.5) is 8.78 Å². The lowest BCUT2D eigenvalue weighted by Crippen LogP contribution is -2.52. The minimum absolute atomic E-state index is 0.00600. The van der Waals surface area contributed by atoms with Crippen molar-refractivity contribution in [2.24, 2.45) is 0 Å². The van der Waals surface area contributed by atoms with Gasteiger partial charge in [0.05, 0.1) is 19.2 Å². The molecule has 0 atom stereocenters. The summed E-state index contributed by atoms with van der Waals surface area (Å²) < 4.78 is 59.6. The summed E-state index contributed by atoms with van der Waals surface area (Å²) in [6.45, 7) is -0.596. The Morgan fingerprint density at radius 3 is 2.34 bits per heavy atom. The number of hydrogen-bond donors (Lipinski definition) is 1. The molecule has 2 heterocycles. The highest BCUT2D eigenvalue weighted by Crippen LogP contribution is 2.25. The highest BCUT2D eigenvalue weighted by molar-refractivity contribution is 7.89. The summed E-state index contributed by atoms with van der Waals surface area (Å²) in [6, 6.07) is 11.5. The molecule has 9 nitrogen and oxygen atoms in total. The third-order valence-corrected chi connectivity index (χ3v) is 7.59. The van der Waals surface area contributed by atoms with Crippen LogP contribution in [0.25, 0.3) is 10.9 Å². The minimum atomic E-state index is -4.40. The number of aromatic nitrogens is 1. The highest BCUT2D eigenvalue weighted by Gasteiger charge is 2.34. The monoisotopic (exact) mass is 504 g/mol. The topological polar surface area (TPSA) is 109 Å². The Hall–Kier alpha value is -3.64. The zero-order chi connectivity index (χ0) is 25.2. The van der Waals surface area contributed by atoms with Crippen LogP contribution < -0.4 is 10.1 Å². The van der Waals surface area contributed by atoms with E-state index < -0.39 is 38.4 Å². The van der Waals surface area contributed by atoms with Crippen LogP contribution in [0.15, 0.2) is 53.4 Å². The summed E-state index contributed by atoms with van der Waals surface area (Å²) in [5, 5.41) is 3.26. The lowest BCUT2D eigenvalue weighted by atomic mass is 10.1. The first-order valence-corrected chi connectivity index (χ1v) is 12.1. The number of methoxy groups -OCH3 is 1. The van der Waals surface area contributed by atoms with Crippen molar-refractivity contribution in [3.05, 3.63) is 65.9 Å². The maximum absolute atomic E-state index is 14.0. The number of nitrogens with one attached hydrogen (secondary N) is 1. The van der Waals surface area contributed by atoms with E-state index in [0.717, 1.165) is 27.9 Å². The molecule has 0 spiro atoms. The number of hydrogen-bond acceptors (Lipinski definition) is 6. The van der Waals surface area contributed by atoms with Crippen LogP contribution in [0, 0.1) is 11.6 Å². The third kappa shape index (κ3) is 4.93. The first-order valence-electron chi connectivity index (χ1n) is 10.7. The molecule has 0 saturated carbocycles. The minimum Gasteiger partial charge on any atom is -0.496 e. The van der Waals surface area contributed by atoms with Gasteiger partial charge in [0.15, 0.2) is 4.90 Å². The van der Waals surface area contributed by atoms with E-state index in [1.165, 1.54) is 18.1 Å². The van der Waals surface area contributed by atoms with Gasteiger partial charge in [-0.15, -0.1) is 0 Å². The molecule has 3 aromatic rings. The first kappa shape index (κ1) is 24.5. The average Bonchev–Trinajstić information content (AvgIpc) is 2.86. The van der Waals surface area contributed by atoms with Crippen molar-refractivity contribution in [3.63, 3.8) is 0 Å². The number of sulfonamides is 1. The fourth-order valence-electron chi connectivity index (χ4n) is 3.82. The average molecular weight is 505 g/mol. The zero-order valence-corrected chi connectivity index (χ0v) is 19.5. The molecular weight excluding hydrogens is 482 g/mol. The highest BCUT2D eigenvalue weighted by atomic mass is 32.2. The van der Waals surface area contributed by atoms with Crippen LogP contribution in [-0.2, 0) is 14.8 Å². The van der Waals surface area contributed by atoms with Gasteiger partial charge in [0.25, 0.3) is 5.91 Å². The van der Waals surface area contributed by atoms with Gasteiger partial charge in [-0.25, -0.2) is 22.2 Å². The normalized spacial score (nSPS) is 14.7. The Morgan fingerprint density at radius 1 is 1.03 bits per heavy atom. The summed E-state index contributed by atoms with van der Waals surface area (Å²) in [7, 11) is -2.92. The number of rotatable bonds is 6. The molecule has 0 unspecified atom stereocenters. The van der Waals surface area contributed by atoms with Crippen LogP contribution in [0.2, 0.25) is 0 Å². The van der Waals surface area contributed by atoms with Gasteiger partial charge in [0.2, 0.25) is 15.9 Å². The molecule has 184 valence electrons. The van der Waals surface area contributed by atoms with E-state index in [-0.39, 0.29) is 38.4 Å². The number of para-hydroxylation sites is 1. The predicted molar refractivity (Wildman–Crippen MR) is 122 cm³/mol. The number of fused-ring (bicyclic) bond motifs is 1. The molecule has 0 bridgehead atoms. The molecule has 2 aromatic carbocycles. The van der Waals surface area contributed by atoms with Gasteiger partial charge in [-0.1, -0.05) is 18.2 Å². The summed E-state index contributed by atoms with van der Waals surface area (Å²) in [5.41, 5.74) is 0.642. The van der Waals surface area contributed by atoms with E-state index in [1.54, 1.807) is 12.1 Å². The molecule has 4 rings (SSSR count). The number of benzene rings is 2. The maximum Gasteiger partial charge on any atom is 0.270 e. The number of ether oxygens (including phenoxy) is 1. The Labute approximate surface area is 200 Å². The Bertz CT molecular complexity index is 1370. The molecule has 35 heavy (non-hydrogen) atoms. The van der Waals surface area contributed by atoms with Crippen molar-refractivity contribution < 1.29 is 31.5 Å². The van der Waals surface area contributed by atoms with Crippen molar-refractivity contribution in [1.82, 2.24) is 19.5 Å². The van der Waals surface area contributed by atoms with Crippen molar-refractivity contribution in [3.8, 4) is 5.75 Å². The van der Waals surface area contributed by atoms with Crippen molar-refractivity contribution >= 4 is 32.7 Å². The number of pyridine rings is 1. The number of halogens is 2. The standard InChI is InChI=1S/C23H22F2N4O5S/c1-34-20-13-19(27-18-8-3-2-5-15(18)20)23(31)26-14-21(30)28-9-11-29(12-10-28)35(32,33)22-16(24)6-4-7-17(22)25/h2-8,13H,9-12,14H2,1H3,(H,26,31). The van der Waals surface area contributed by atoms with Crippen LogP contribution in [0.1, 0.15) is 10.5 Å². The van der Waals surface area contributed by atoms with Gasteiger partial charge in [-0.2, -0.15) is 4.31 Å². The molecular formula is C23H22F2N4O5S. The van der Waals surface area contributed by atoms with E-state index in [1.807, 2.05) is 12.1 Å². The molecule has 2 amide bonds. The maximum atomic E-state index is 14.0. The van der Waals surface area contributed by atoms with Gasteiger partial charge in [-0.3, -0.25) is 9.59 Å². The third-order valence-electron chi connectivity index (χ3n) is 5.64. The predicted octanol–water partition coefficient (Wildman–Crippen LogP) is 1.78. The fourth-order valence-corrected chi connectivity index (χ4v) is 5.35. The quantitative estimate of drug-likeness (QED) is 0.548. The summed E-state index contributed by atoms with van der Waals surface area (Å²) in [6.07, 6.45) is 0. The molecule has 1 aliphatic rings. The van der Waals surface area contributed by atoms with Crippen molar-refractivity contribution in [1.29, 1.82) is 0 Å². The van der Waals surface area contributed by atoms with E-state index in [4.69, 9.17) is 4.74 Å². The van der Waals surface area contributed by atoms with Gasteiger partial charge >= 0.3 is 0 Å². The SMILES string of the molecule is COc1cc(C(=O)NCC(=O)N2CCN(S(=O)(=O)c3c(F)cccc3F)CC2)nc2ccccc12. The van der Waals surface area contributed by atoms with E-state index in [9.17, 15) is 26.8 Å². The van der Waals surface area contributed by atoms with Crippen LogP contribution >= 0.6 is 0 Å². The summed E-state index contributed by atoms with van der Waals surface area (Å²) >= 11 is 0. The molecule has 1 saturated heterocycles. The second-order valence-electron chi connectivity index (χ2n) is 7.75. The molecule has 1 aromatic heterocycles. The number of carbonyl (C=O) groups is 2. The molecule has 1 fully saturated rings. The summed E-state index contributed by atoms with van der Waals surface area (Å²) in [5.74, 6) is -2.88. The lowest BCUT2D eigenvalue weighted by Gasteiger charge is -2.34. The van der Waals surface area contributed by atoms with Crippen molar-refractivity contribution in [2.45, 2.75) is 4.90 Å². The summed E-state index contributed by atoms with van der Waals surface area (Å²) in [4.78, 5) is 29.8. The van der Waals surface area contributed by atoms with Crippen LogP contribution in [0.3, 0.4) is 0 Å². The van der Waals surface area contributed by atoms with Gasteiger partial charge < -0.3 is 15.0 Å². The van der Waals surface area contributed by atoms with Crippen LogP contribution in [-0.4, -0.2) is 74.3 Å². The van der Waals surface area contributed by atoms with E-state index in [2.05, 4.69) is 10.3 Å². The van der Waals surface area contributed by atoms with E-state index >= 15 is 0 Å². The molecule has 12 heteroatoms. The lowest BCUT2D eigenvalue weighted by molar-refractivity contribution is -0.131. The van der Waals surface area contributed by atoms with Crippen LogP contribution in [0.5, 0.6) is 5.75 Å².